The maximum absolute atomic E-state index is 13.5. The Kier molecular flexibility index (Phi) is 6.34. The SMILES string of the molecule is CNC(=O)Nc1ccc(-c2nc(N3CCOCC3)cc(C3(C(=O)N4CCOCC4)CC3)n2)cc1. The molecule has 0 atom stereocenters. The van der Waals surface area contributed by atoms with Gasteiger partial charge in [-0.1, -0.05) is 0 Å². The van der Waals surface area contributed by atoms with Crippen LogP contribution in [0.5, 0.6) is 0 Å². The van der Waals surface area contributed by atoms with Crippen molar-refractivity contribution in [1.82, 2.24) is 20.2 Å². The molecule has 0 bridgehead atoms. The Morgan fingerprint density at radius 1 is 0.941 bits per heavy atom. The number of carbonyl (C=O) groups excluding carboxylic acids is 2. The van der Waals surface area contributed by atoms with E-state index in [0.717, 1.165) is 43.0 Å². The fourth-order valence-electron chi connectivity index (χ4n) is 4.43. The lowest BCUT2D eigenvalue weighted by Gasteiger charge is -2.31. The molecule has 10 heteroatoms. The first-order chi connectivity index (χ1) is 16.6. The van der Waals surface area contributed by atoms with Gasteiger partial charge in [0, 0.05) is 50.5 Å². The normalized spacial score (nSPS) is 19.4. The van der Waals surface area contributed by atoms with Crippen LogP contribution in [0.1, 0.15) is 18.5 Å². The number of rotatable bonds is 5. The molecule has 1 aliphatic carbocycles. The molecule has 2 aromatic rings. The van der Waals surface area contributed by atoms with Gasteiger partial charge in [0.25, 0.3) is 0 Å². The van der Waals surface area contributed by atoms with Crippen molar-refractivity contribution >= 4 is 23.4 Å². The minimum absolute atomic E-state index is 0.138. The van der Waals surface area contributed by atoms with Crippen molar-refractivity contribution in [3.05, 3.63) is 36.0 Å². The molecule has 0 radical (unpaired) electrons. The molecule has 3 amide bonds. The van der Waals surface area contributed by atoms with E-state index in [0.29, 0.717) is 51.0 Å². The second-order valence-corrected chi connectivity index (χ2v) is 8.80. The summed E-state index contributed by atoms with van der Waals surface area (Å²) < 4.78 is 11.0. The molecule has 10 nitrogen and oxygen atoms in total. The number of ether oxygens (including phenoxy) is 2. The zero-order chi connectivity index (χ0) is 23.5. The molecule has 0 unspecified atom stereocenters. The maximum atomic E-state index is 13.5. The summed E-state index contributed by atoms with van der Waals surface area (Å²) in [5.74, 6) is 1.53. The van der Waals surface area contributed by atoms with E-state index in [4.69, 9.17) is 19.4 Å². The standard InChI is InChI=1S/C24H30N6O4/c1-25-23(32)26-18-4-2-17(3-5-18)21-27-19(16-20(28-21)29-8-12-33-13-9-29)24(6-7-24)22(31)30-10-14-34-15-11-30/h2-5,16H,6-15H2,1H3,(H2,25,26,32). The third kappa shape index (κ3) is 4.55. The Hall–Kier alpha value is -3.24. The van der Waals surface area contributed by atoms with Crippen LogP contribution in [0.25, 0.3) is 11.4 Å². The summed E-state index contributed by atoms with van der Waals surface area (Å²) in [7, 11) is 1.57. The van der Waals surface area contributed by atoms with Crippen molar-refractivity contribution < 1.29 is 19.1 Å². The number of anilines is 2. The van der Waals surface area contributed by atoms with Crippen molar-refractivity contribution in [3.63, 3.8) is 0 Å². The average Bonchev–Trinajstić information content (AvgIpc) is 3.71. The first kappa shape index (κ1) is 22.5. The van der Waals surface area contributed by atoms with Gasteiger partial charge in [-0.05, 0) is 37.1 Å². The van der Waals surface area contributed by atoms with Crippen molar-refractivity contribution in [3.8, 4) is 11.4 Å². The van der Waals surface area contributed by atoms with Crippen LogP contribution in [0.4, 0.5) is 16.3 Å². The van der Waals surface area contributed by atoms with E-state index >= 15 is 0 Å². The minimum atomic E-state index is -0.587. The van der Waals surface area contributed by atoms with Crippen LogP contribution in [0, 0.1) is 0 Å². The second-order valence-electron chi connectivity index (χ2n) is 8.80. The van der Waals surface area contributed by atoms with Crippen LogP contribution in [-0.4, -0.2) is 86.5 Å². The van der Waals surface area contributed by atoms with Crippen molar-refractivity contribution in [2.45, 2.75) is 18.3 Å². The van der Waals surface area contributed by atoms with Crippen LogP contribution in [-0.2, 0) is 19.7 Å². The van der Waals surface area contributed by atoms with E-state index in [1.807, 2.05) is 35.2 Å². The Morgan fingerprint density at radius 2 is 1.59 bits per heavy atom. The predicted octanol–water partition coefficient (Wildman–Crippen LogP) is 1.62. The number of aromatic nitrogens is 2. The number of hydrogen-bond acceptors (Lipinski definition) is 7. The number of carbonyl (C=O) groups is 2. The maximum Gasteiger partial charge on any atom is 0.318 e. The van der Waals surface area contributed by atoms with E-state index in [-0.39, 0.29) is 11.9 Å². The average molecular weight is 467 g/mol. The summed E-state index contributed by atoms with van der Waals surface area (Å²) in [4.78, 5) is 39.0. The largest absolute Gasteiger partial charge is 0.378 e. The molecule has 2 N–H and O–H groups in total. The molecule has 5 rings (SSSR count). The highest BCUT2D eigenvalue weighted by atomic mass is 16.5. The molecule has 2 saturated heterocycles. The number of benzene rings is 1. The second kappa shape index (κ2) is 9.55. The quantitative estimate of drug-likeness (QED) is 0.689. The Morgan fingerprint density at radius 3 is 2.21 bits per heavy atom. The molecule has 3 fully saturated rings. The van der Waals surface area contributed by atoms with E-state index in [1.165, 1.54) is 0 Å². The molecule has 180 valence electrons. The zero-order valence-electron chi connectivity index (χ0n) is 19.4. The molecule has 1 aromatic heterocycles. The van der Waals surface area contributed by atoms with Crippen molar-refractivity contribution in [1.29, 1.82) is 0 Å². The van der Waals surface area contributed by atoms with Gasteiger partial charge in [-0.15, -0.1) is 0 Å². The number of amides is 3. The van der Waals surface area contributed by atoms with E-state index in [1.54, 1.807) is 7.05 Å². The molecular weight excluding hydrogens is 436 g/mol. The molecule has 3 heterocycles. The number of hydrogen-bond donors (Lipinski definition) is 2. The number of nitrogens with one attached hydrogen (secondary N) is 2. The minimum Gasteiger partial charge on any atom is -0.378 e. The summed E-state index contributed by atoms with van der Waals surface area (Å²) in [6.07, 6.45) is 1.58. The van der Waals surface area contributed by atoms with Gasteiger partial charge in [0.05, 0.1) is 37.5 Å². The fourth-order valence-corrected chi connectivity index (χ4v) is 4.43. The lowest BCUT2D eigenvalue weighted by Crippen LogP contribution is -2.46. The highest BCUT2D eigenvalue weighted by Gasteiger charge is 2.55. The van der Waals surface area contributed by atoms with Gasteiger partial charge in [-0.25, -0.2) is 14.8 Å². The highest BCUT2D eigenvalue weighted by molar-refractivity contribution is 5.91. The van der Waals surface area contributed by atoms with Crippen molar-refractivity contribution in [2.75, 3.05) is 69.9 Å². The van der Waals surface area contributed by atoms with Gasteiger partial charge < -0.3 is 29.9 Å². The number of morpholine rings is 2. The van der Waals surface area contributed by atoms with Crippen LogP contribution in [0.2, 0.25) is 0 Å². The van der Waals surface area contributed by atoms with E-state index in [2.05, 4.69) is 15.5 Å². The monoisotopic (exact) mass is 466 g/mol. The van der Waals surface area contributed by atoms with Gasteiger partial charge in [-0.3, -0.25) is 4.79 Å². The molecule has 2 aliphatic heterocycles. The van der Waals surface area contributed by atoms with Gasteiger partial charge in [0.15, 0.2) is 5.82 Å². The first-order valence-electron chi connectivity index (χ1n) is 11.8. The zero-order valence-corrected chi connectivity index (χ0v) is 19.4. The van der Waals surface area contributed by atoms with Gasteiger partial charge in [-0.2, -0.15) is 0 Å². The number of nitrogens with zero attached hydrogens (tertiary/aromatic N) is 4. The Labute approximate surface area is 198 Å². The fraction of sp³-hybridized carbons (Fsp3) is 0.500. The summed E-state index contributed by atoms with van der Waals surface area (Å²) in [6, 6.07) is 9.12. The van der Waals surface area contributed by atoms with Gasteiger partial charge in [0.1, 0.15) is 5.82 Å². The van der Waals surface area contributed by atoms with E-state index in [9.17, 15) is 9.59 Å². The summed E-state index contributed by atoms with van der Waals surface area (Å²) >= 11 is 0. The molecule has 1 saturated carbocycles. The lowest BCUT2D eigenvalue weighted by molar-refractivity contribution is -0.138. The lowest BCUT2D eigenvalue weighted by atomic mass is 9.99. The van der Waals surface area contributed by atoms with Crippen LogP contribution in [0.15, 0.2) is 30.3 Å². The summed E-state index contributed by atoms with van der Waals surface area (Å²) in [6.45, 7) is 5.17. The third-order valence-corrected chi connectivity index (χ3v) is 6.62. The Balaban J connectivity index is 1.49. The van der Waals surface area contributed by atoms with E-state index < -0.39 is 5.41 Å². The molecular formula is C24H30N6O4. The van der Waals surface area contributed by atoms with Gasteiger partial charge in [0.2, 0.25) is 5.91 Å². The van der Waals surface area contributed by atoms with Gasteiger partial charge >= 0.3 is 6.03 Å². The summed E-state index contributed by atoms with van der Waals surface area (Å²) in [5.41, 5.74) is 1.70. The smallest absolute Gasteiger partial charge is 0.318 e. The van der Waals surface area contributed by atoms with Crippen LogP contribution >= 0.6 is 0 Å². The molecule has 0 spiro atoms. The summed E-state index contributed by atoms with van der Waals surface area (Å²) in [5, 5.41) is 5.29. The molecule has 34 heavy (non-hydrogen) atoms. The number of urea groups is 1. The highest BCUT2D eigenvalue weighted by Crippen LogP contribution is 2.50. The topological polar surface area (TPSA) is 109 Å². The van der Waals surface area contributed by atoms with Crippen LogP contribution < -0.4 is 15.5 Å². The first-order valence-corrected chi connectivity index (χ1v) is 11.8. The predicted molar refractivity (Wildman–Crippen MR) is 127 cm³/mol. The van der Waals surface area contributed by atoms with Crippen molar-refractivity contribution in [2.24, 2.45) is 0 Å². The molecule has 1 aromatic carbocycles. The molecule has 3 aliphatic rings. The van der Waals surface area contributed by atoms with Crippen LogP contribution in [0.3, 0.4) is 0 Å². The third-order valence-electron chi connectivity index (χ3n) is 6.62. The Bertz CT molecular complexity index is 1040.